The van der Waals surface area contributed by atoms with Gasteiger partial charge in [-0.05, 0) is 54.1 Å². The summed E-state index contributed by atoms with van der Waals surface area (Å²) in [5, 5.41) is 2.66. The van der Waals surface area contributed by atoms with Crippen LogP contribution >= 0.6 is 23.1 Å². The lowest BCUT2D eigenvalue weighted by Crippen LogP contribution is -2.32. The second-order valence-corrected chi connectivity index (χ2v) is 11.4. The second kappa shape index (κ2) is 10.7. The number of H-pyrrole nitrogens is 1. The molecule has 2 aliphatic heterocycles. The van der Waals surface area contributed by atoms with E-state index in [1.165, 1.54) is 16.7 Å². The maximum absolute atomic E-state index is 13.9. The predicted molar refractivity (Wildman–Crippen MR) is 152 cm³/mol. The number of imide groups is 1. The van der Waals surface area contributed by atoms with Crippen molar-refractivity contribution < 1.29 is 23.9 Å². The number of rotatable bonds is 7. The Bertz CT molecular complexity index is 1650. The summed E-state index contributed by atoms with van der Waals surface area (Å²) in [6.45, 7) is -0.212. The predicted octanol–water partition coefficient (Wildman–Crippen LogP) is 4.26. The number of para-hydroxylation sites is 1. The molecule has 1 fully saturated rings. The second-order valence-electron chi connectivity index (χ2n) is 9.24. The molecule has 0 radical (unpaired) electrons. The molecule has 3 unspecified atom stereocenters. The molecule has 0 aliphatic carbocycles. The average Bonchev–Trinajstić information content (AvgIpc) is 3.46. The molecule has 3 aromatic carbocycles. The number of hydrogen-bond acceptors (Lipinski definition) is 8. The number of methoxy groups -OCH3 is 1. The third-order valence-corrected chi connectivity index (χ3v) is 9.20. The highest BCUT2D eigenvalue weighted by molar-refractivity contribution is 8.00. The molecule has 2 aliphatic rings. The lowest BCUT2D eigenvalue weighted by molar-refractivity contribution is -0.122. The van der Waals surface area contributed by atoms with Crippen LogP contribution in [-0.2, 0) is 14.4 Å². The number of nitrogens with one attached hydrogen (secondary N) is 2. The number of hydrogen-bond donors (Lipinski definition) is 2. The Morgan fingerprint density at radius 1 is 0.950 bits per heavy atom. The Labute approximate surface area is 237 Å². The fraction of sp³-hybridized carbons (Fsp3) is 0.172. The summed E-state index contributed by atoms with van der Waals surface area (Å²) >= 11 is 2.26. The molecule has 1 aromatic heterocycles. The first-order chi connectivity index (χ1) is 19.4. The number of ether oxygens (including phenoxy) is 2. The van der Waals surface area contributed by atoms with Crippen molar-refractivity contribution in [3.8, 4) is 11.5 Å². The van der Waals surface area contributed by atoms with E-state index in [0.717, 1.165) is 11.3 Å². The van der Waals surface area contributed by atoms with Crippen molar-refractivity contribution in [3.63, 3.8) is 0 Å². The van der Waals surface area contributed by atoms with Gasteiger partial charge in [0.25, 0.3) is 5.91 Å². The number of aromatic amines is 1. The smallest absolute Gasteiger partial charge is 0.305 e. The van der Waals surface area contributed by atoms with Crippen molar-refractivity contribution in [2.24, 2.45) is 5.92 Å². The van der Waals surface area contributed by atoms with Crippen LogP contribution in [0, 0.1) is 5.92 Å². The first kappa shape index (κ1) is 25.9. The first-order valence-electron chi connectivity index (χ1n) is 12.4. The van der Waals surface area contributed by atoms with Gasteiger partial charge < -0.3 is 19.8 Å². The number of fused-ring (bicyclic) bond motifs is 2. The molecular weight excluding hydrogens is 550 g/mol. The summed E-state index contributed by atoms with van der Waals surface area (Å²) in [4.78, 5) is 56.7. The summed E-state index contributed by atoms with van der Waals surface area (Å²) in [7, 11) is 1.55. The van der Waals surface area contributed by atoms with E-state index < -0.39 is 17.1 Å². The quantitative estimate of drug-likeness (QED) is 0.317. The molecule has 11 heteroatoms. The molecule has 0 saturated carbocycles. The van der Waals surface area contributed by atoms with E-state index in [2.05, 4.69) is 10.3 Å². The van der Waals surface area contributed by atoms with E-state index in [4.69, 9.17) is 9.47 Å². The molecule has 40 heavy (non-hydrogen) atoms. The van der Waals surface area contributed by atoms with E-state index in [1.807, 2.05) is 24.3 Å². The SMILES string of the molecule is COc1ccc(N2C(=O)C3Sc4[nH]c(=O)sc4C(c4cccc(OCC(=O)Nc5ccccc5)c4)C3C2=O)cc1. The van der Waals surface area contributed by atoms with E-state index in [-0.39, 0.29) is 29.2 Å². The highest BCUT2D eigenvalue weighted by atomic mass is 32.2. The zero-order valence-corrected chi connectivity index (χ0v) is 22.8. The van der Waals surface area contributed by atoms with Crippen LogP contribution in [0.5, 0.6) is 11.5 Å². The fourth-order valence-corrected chi connectivity index (χ4v) is 7.54. The van der Waals surface area contributed by atoms with E-state index in [9.17, 15) is 19.2 Å². The van der Waals surface area contributed by atoms with Gasteiger partial charge in [-0.1, -0.05) is 53.4 Å². The highest BCUT2D eigenvalue weighted by Crippen LogP contribution is 2.53. The number of nitrogens with zero attached hydrogens (tertiary/aromatic N) is 1. The van der Waals surface area contributed by atoms with Gasteiger partial charge in [0.05, 0.1) is 23.7 Å². The lowest BCUT2D eigenvalue weighted by Gasteiger charge is -2.30. The standard InChI is InChI=1S/C29H23N3O6S2/c1-37-19-12-10-18(11-13-19)32-27(34)23-22(24-26(31-29(36)40-24)39-25(23)28(32)35)16-6-5-9-20(14-16)38-15-21(33)30-17-7-3-2-4-8-17/h2-14,22-23,25H,15H2,1H3,(H,30,33)(H,31,36). The van der Waals surface area contributed by atoms with Crippen molar-refractivity contribution in [2.75, 3.05) is 23.9 Å². The normalized spacial score (nSPS) is 19.6. The van der Waals surface area contributed by atoms with Crippen LogP contribution in [-0.4, -0.2) is 41.7 Å². The minimum absolute atomic E-state index is 0.212. The Morgan fingerprint density at radius 3 is 2.48 bits per heavy atom. The van der Waals surface area contributed by atoms with Gasteiger partial charge in [0, 0.05) is 16.5 Å². The maximum Gasteiger partial charge on any atom is 0.305 e. The van der Waals surface area contributed by atoms with Crippen LogP contribution in [0.3, 0.4) is 0 Å². The first-order valence-corrected chi connectivity index (χ1v) is 14.1. The number of amides is 3. The molecule has 0 bridgehead atoms. The zero-order valence-electron chi connectivity index (χ0n) is 21.2. The number of anilines is 2. The van der Waals surface area contributed by atoms with Crippen molar-refractivity contribution in [3.05, 3.63) is 99.0 Å². The molecule has 3 heterocycles. The molecule has 0 spiro atoms. The van der Waals surface area contributed by atoms with Gasteiger partial charge in [-0.25, -0.2) is 4.90 Å². The Kier molecular flexibility index (Phi) is 6.91. The van der Waals surface area contributed by atoms with Crippen molar-refractivity contribution in [2.45, 2.75) is 16.2 Å². The molecule has 6 rings (SSSR count). The van der Waals surface area contributed by atoms with Crippen LogP contribution in [0.25, 0.3) is 0 Å². The molecule has 2 N–H and O–H groups in total. The summed E-state index contributed by atoms with van der Waals surface area (Å²) in [5.41, 5.74) is 1.84. The van der Waals surface area contributed by atoms with Gasteiger partial charge in [-0.15, -0.1) is 0 Å². The molecule has 3 atom stereocenters. The van der Waals surface area contributed by atoms with Crippen LogP contribution in [0.2, 0.25) is 0 Å². The Hall–Kier alpha value is -4.35. The van der Waals surface area contributed by atoms with Gasteiger partial charge in [0.1, 0.15) is 16.7 Å². The molecule has 3 amide bonds. The minimum atomic E-state index is -0.727. The largest absolute Gasteiger partial charge is 0.497 e. The van der Waals surface area contributed by atoms with Gasteiger partial charge in [0.2, 0.25) is 11.8 Å². The van der Waals surface area contributed by atoms with Crippen LogP contribution in [0.1, 0.15) is 16.4 Å². The van der Waals surface area contributed by atoms with Crippen LogP contribution in [0.4, 0.5) is 11.4 Å². The lowest BCUT2D eigenvalue weighted by atomic mass is 9.83. The van der Waals surface area contributed by atoms with Crippen molar-refractivity contribution in [1.82, 2.24) is 4.98 Å². The summed E-state index contributed by atoms with van der Waals surface area (Å²) < 4.78 is 11.0. The van der Waals surface area contributed by atoms with Crippen molar-refractivity contribution >= 4 is 52.2 Å². The Morgan fingerprint density at radius 2 is 1.73 bits per heavy atom. The number of carbonyl (C=O) groups excluding carboxylic acids is 3. The Balaban J connectivity index is 1.29. The van der Waals surface area contributed by atoms with E-state index >= 15 is 0 Å². The molecule has 4 aromatic rings. The summed E-state index contributed by atoms with van der Waals surface area (Å²) in [6.07, 6.45) is 0. The van der Waals surface area contributed by atoms with Gasteiger partial charge >= 0.3 is 4.87 Å². The topological polar surface area (TPSA) is 118 Å². The number of benzene rings is 3. The van der Waals surface area contributed by atoms with Gasteiger partial charge in [-0.3, -0.25) is 19.2 Å². The molecule has 1 saturated heterocycles. The zero-order chi connectivity index (χ0) is 27.8. The number of thioether (sulfide) groups is 1. The van der Waals surface area contributed by atoms with E-state index in [1.54, 1.807) is 61.7 Å². The van der Waals surface area contributed by atoms with Gasteiger partial charge in [0.15, 0.2) is 6.61 Å². The molecule has 202 valence electrons. The molecular formula is C29H23N3O6S2. The highest BCUT2D eigenvalue weighted by Gasteiger charge is 2.56. The average molecular weight is 574 g/mol. The fourth-order valence-electron chi connectivity index (χ4n) is 5.03. The third kappa shape index (κ3) is 4.78. The number of aromatic nitrogens is 1. The van der Waals surface area contributed by atoms with Gasteiger partial charge in [-0.2, -0.15) is 0 Å². The maximum atomic E-state index is 13.9. The molecule has 9 nitrogen and oxygen atoms in total. The summed E-state index contributed by atoms with van der Waals surface area (Å²) in [6, 6.07) is 22.9. The van der Waals surface area contributed by atoms with Crippen LogP contribution in [0.15, 0.2) is 88.7 Å². The van der Waals surface area contributed by atoms with E-state index in [0.29, 0.717) is 38.3 Å². The minimum Gasteiger partial charge on any atom is -0.497 e. The summed E-state index contributed by atoms with van der Waals surface area (Å²) in [5.74, 6) is -1.22. The van der Waals surface area contributed by atoms with Crippen molar-refractivity contribution in [1.29, 1.82) is 0 Å². The van der Waals surface area contributed by atoms with Crippen LogP contribution < -0.4 is 24.6 Å². The third-order valence-electron chi connectivity index (χ3n) is 6.80. The number of carbonyl (C=O) groups is 3. The number of thiazole rings is 1. The monoisotopic (exact) mass is 573 g/mol.